The first-order valence-electron chi connectivity index (χ1n) is 11.3. The van der Waals surface area contributed by atoms with E-state index < -0.39 is 45.2 Å². The Balaban J connectivity index is 1.67. The van der Waals surface area contributed by atoms with Crippen molar-refractivity contribution in [2.45, 2.75) is 28.5 Å². The number of likely N-dealkylation sites (tertiary alicyclic amines) is 2. The molecule has 0 radical (unpaired) electrons. The lowest BCUT2D eigenvalue weighted by atomic mass is 9.56. The lowest BCUT2D eigenvalue weighted by molar-refractivity contribution is -0.140. The van der Waals surface area contributed by atoms with Gasteiger partial charge in [0.05, 0.1) is 23.9 Å². The molecule has 0 bridgehead atoms. The Hall–Kier alpha value is -1.94. The number of hydrogen-bond acceptors (Lipinski definition) is 6. The molecular formula is C24H23BrCl2N2O6. The average Bonchev–Trinajstić information content (AvgIpc) is 3.16. The number of aliphatic hydroxyl groups is 1. The number of carbonyl (C=O) groups excluding carboxylic acids is 4. The van der Waals surface area contributed by atoms with Gasteiger partial charge in [-0.2, -0.15) is 0 Å². The molecule has 1 aromatic carbocycles. The van der Waals surface area contributed by atoms with Crippen LogP contribution < -0.4 is 4.74 Å². The van der Waals surface area contributed by atoms with Crippen LogP contribution in [-0.2, 0) is 19.2 Å². The Kier molecular flexibility index (Phi) is 6.06. The molecule has 5 rings (SSSR count). The number of carbonyl (C=O) groups is 4. The van der Waals surface area contributed by atoms with Gasteiger partial charge in [0, 0.05) is 13.0 Å². The first-order chi connectivity index (χ1) is 16.6. The summed E-state index contributed by atoms with van der Waals surface area (Å²) in [7, 11) is 1.47. The summed E-state index contributed by atoms with van der Waals surface area (Å²) in [5.41, 5.74) is 1.32. The molecule has 4 amide bonds. The molecule has 2 heterocycles. The molecule has 0 spiro atoms. The molecule has 8 nitrogen and oxygen atoms in total. The molecule has 186 valence electrons. The van der Waals surface area contributed by atoms with Gasteiger partial charge in [-0.15, -0.1) is 23.2 Å². The fraction of sp³-hybridized carbons (Fsp3) is 0.500. The second-order valence-corrected chi connectivity index (χ2v) is 11.1. The average molecular weight is 586 g/mol. The Morgan fingerprint density at radius 3 is 2.40 bits per heavy atom. The van der Waals surface area contributed by atoms with Crippen LogP contribution in [0.15, 0.2) is 35.9 Å². The van der Waals surface area contributed by atoms with Gasteiger partial charge in [0.2, 0.25) is 11.8 Å². The predicted octanol–water partition coefficient (Wildman–Crippen LogP) is 2.40. The minimum absolute atomic E-state index is 0.0276. The summed E-state index contributed by atoms with van der Waals surface area (Å²) >= 11 is 17.4. The topological polar surface area (TPSA) is 104 Å². The summed E-state index contributed by atoms with van der Waals surface area (Å²) < 4.78 is 5.46. The molecule has 11 heteroatoms. The number of benzene rings is 1. The molecule has 0 aromatic heterocycles. The maximum Gasteiger partial charge on any atom is 0.254 e. The quantitative estimate of drug-likeness (QED) is 0.246. The molecule has 2 aliphatic heterocycles. The highest BCUT2D eigenvalue weighted by atomic mass is 79.9. The van der Waals surface area contributed by atoms with Gasteiger partial charge in [-0.3, -0.25) is 29.0 Å². The molecule has 35 heavy (non-hydrogen) atoms. The van der Waals surface area contributed by atoms with E-state index >= 15 is 0 Å². The number of amides is 4. The summed E-state index contributed by atoms with van der Waals surface area (Å²) in [6.07, 6.45) is 2.21. The van der Waals surface area contributed by atoms with Gasteiger partial charge in [0.15, 0.2) is 9.75 Å². The number of nitrogens with zero attached hydrogens (tertiary/aromatic N) is 2. The summed E-state index contributed by atoms with van der Waals surface area (Å²) in [6, 6.07) is 6.88. The van der Waals surface area contributed by atoms with Crippen LogP contribution >= 0.6 is 39.1 Å². The van der Waals surface area contributed by atoms with Crippen molar-refractivity contribution in [3.63, 3.8) is 0 Å². The number of ether oxygens (including phenoxy) is 1. The SMILES string of the molecule is CN1C(=O)[C@H]2[C@H](CC=C3[C@H]2C[C@@]2(Cl)C(=O)N(CBr)C(=O)[C@@]2(Cl)[C@H]3c2ccc(OCCO)cc2)C1=O. The van der Waals surface area contributed by atoms with Crippen molar-refractivity contribution < 1.29 is 29.0 Å². The number of rotatable bonds is 5. The second kappa shape index (κ2) is 8.57. The smallest absolute Gasteiger partial charge is 0.254 e. The maximum absolute atomic E-state index is 13.6. The number of imide groups is 2. The van der Waals surface area contributed by atoms with Crippen molar-refractivity contribution >= 4 is 62.8 Å². The zero-order chi connectivity index (χ0) is 25.3. The predicted molar refractivity (Wildman–Crippen MR) is 130 cm³/mol. The van der Waals surface area contributed by atoms with Crippen molar-refractivity contribution in [3.8, 4) is 5.75 Å². The van der Waals surface area contributed by atoms with Crippen molar-refractivity contribution in [2.24, 2.45) is 17.8 Å². The first kappa shape index (κ1) is 24.7. The van der Waals surface area contributed by atoms with E-state index in [-0.39, 0.29) is 36.9 Å². The third kappa shape index (κ3) is 3.21. The van der Waals surface area contributed by atoms with Crippen LogP contribution in [0.1, 0.15) is 24.3 Å². The van der Waals surface area contributed by atoms with Gasteiger partial charge in [-0.05, 0) is 36.5 Å². The summed E-state index contributed by atoms with van der Waals surface area (Å²) in [5, 5.41) is 9.02. The third-order valence-electron chi connectivity index (χ3n) is 7.81. The molecular weight excluding hydrogens is 563 g/mol. The standard InChI is InChI=1S/C24H23BrCl2N2O6/c1-28-19(31)15-7-6-14-16(17(15)20(28)32)10-23(26)21(33)29(11-25)22(34)24(23,27)18(14)12-2-4-13(5-3-12)35-9-8-30/h2-6,15-18,30H,7-11H2,1H3/t15-,16+,17-,18-,23+,24-/m0/s1. The summed E-state index contributed by atoms with van der Waals surface area (Å²) in [4.78, 5) is 51.5. The maximum atomic E-state index is 13.6. The van der Waals surface area contributed by atoms with E-state index in [4.69, 9.17) is 33.0 Å². The van der Waals surface area contributed by atoms with E-state index in [0.717, 1.165) is 15.4 Å². The molecule has 2 aliphatic carbocycles. The van der Waals surface area contributed by atoms with E-state index in [1.165, 1.54) is 7.05 Å². The van der Waals surface area contributed by atoms with Crippen LogP contribution in [0.4, 0.5) is 0 Å². The van der Waals surface area contributed by atoms with E-state index in [9.17, 15) is 19.2 Å². The highest BCUT2D eigenvalue weighted by Gasteiger charge is 2.76. The number of aliphatic hydroxyl groups excluding tert-OH is 1. The fourth-order valence-electron chi connectivity index (χ4n) is 6.20. The molecule has 1 aromatic rings. The second-order valence-electron chi connectivity index (χ2n) is 9.36. The van der Waals surface area contributed by atoms with Crippen molar-refractivity contribution in [1.29, 1.82) is 0 Å². The Morgan fingerprint density at radius 1 is 1.09 bits per heavy atom. The van der Waals surface area contributed by atoms with E-state index in [1.807, 2.05) is 6.08 Å². The molecule has 2 saturated heterocycles. The fourth-order valence-corrected chi connectivity index (χ4v) is 7.63. The van der Waals surface area contributed by atoms with E-state index in [1.54, 1.807) is 24.3 Å². The van der Waals surface area contributed by atoms with Crippen LogP contribution in [0, 0.1) is 17.8 Å². The third-order valence-corrected chi connectivity index (χ3v) is 9.72. The minimum Gasteiger partial charge on any atom is -0.491 e. The normalized spacial score (nSPS) is 36.2. The van der Waals surface area contributed by atoms with Crippen LogP contribution in [-0.4, -0.2) is 74.0 Å². The van der Waals surface area contributed by atoms with Gasteiger partial charge >= 0.3 is 0 Å². The summed E-state index contributed by atoms with van der Waals surface area (Å²) in [5.74, 6) is -3.78. The van der Waals surface area contributed by atoms with Crippen molar-refractivity contribution in [2.75, 3.05) is 25.7 Å². The van der Waals surface area contributed by atoms with E-state index in [2.05, 4.69) is 15.9 Å². The number of allylic oxidation sites excluding steroid dienone is 2. The molecule has 0 unspecified atom stereocenters. The van der Waals surface area contributed by atoms with Crippen LogP contribution in [0.2, 0.25) is 0 Å². The van der Waals surface area contributed by atoms with Gasteiger partial charge < -0.3 is 9.84 Å². The monoisotopic (exact) mass is 584 g/mol. The lowest BCUT2D eigenvalue weighted by Gasteiger charge is -2.50. The number of alkyl halides is 3. The largest absolute Gasteiger partial charge is 0.491 e. The van der Waals surface area contributed by atoms with Crippen molar-refractivity contribution in [1.82, 2.24) is 9.80 Å². The van der Waals surface area contributed by atoms with Crippen LogP contribution in [0.5, 0.6) is 5.75 Å². The van der Waals surface area contributed by atoms with Gasteiger partial charge in [-0.25, -0.2) is 0 Å². The Labute approximate surface area is 220 Å². The molecule has 3 fully saturated rings. The molecule has 1 saturated carbocycles. The zero-order valence-corrected chi connectivity index (χ0v) is 21.8. The molecule has 1 N–H and O–H groups in total. The van der Waals surface area contributed by atoms with Gasteiger partial charge in [-0.1, -0.05) is 39.7 Å². The Bertz CT molecular complexity index is 1160. The zero-order valence-electron chi connectivity index (χ0n) is 18.7. The van der Waals surface area contributed by atoms with Gasteiger partial charge in [0.25, 0.3) is 11.8 Å². The number of fused-ring (bicyclic) bond motifs is 4. The minimum atomic E-state index is -1.82. The highest BCUT2D eigenvalue weighted by molar-refractivity contribution is 9.09. The van der Waals surface area contributed by atoms with Gasteiger partial charge in [0.1, 0.15) is 12.4 Å². The highest BCUT2D eigenvalue weighted by Crippen LogP contribution is 2.65. The van der Waals surface area contributed by atoms with E-state index in [0.29, 0.717) is 17.7 Å². The van der Waals surface area contributed by atoms with Crippen molar-refractivity contribution in [3.05, 3.63) is 41.5 Å². The number of hydrogen-bond donors (Lipinski definition) is 1. The first-order valence-corrected chi connectivity index (χ1v) is 13.1. The number of halogens is 3. The molecule has 4 aliphatic rings. The lowest BCUT2D eigenvalue weighted by Crippen LogP contribution is -2.60. The molecule has 6 atom stereocenters. The van der Waals surface area contributed by atoms with Crippen LogP contribution in [0.3, 0.4) is 0 Å². The summed E-state index contributed by atoms with van der Waals surface area (Å²) in [6.45, 7) is -0.0125. The van der Waals surface area contributed by atoms with Crippen LogP contribution in [0.25, 0.3) is 0 Å². The Morgan fingerprint density at radius 2 is 1.77 bits per heavy atom.